The molecule has 0 heterocycles. The first-order valence-corrected chi connectivity index (χ1v) is 8.50. The zero-order valence-electron chi connectivity index (χ0n) is 13.6. The highest BCUT2D eigenvalue weighted by molar-refractivity contribution is 4.93. The van der Waals surface area contributed by atoms with Crippen LogP contribution in [0.15, 0.2) is 0 Å². The Balaban J connectivity index is 1.85. The van der Waals surface area contributed by atoms with E-state index < -0.39 is 0 Å². The number of unbranched alkanes of at least 4 members (excludes halogenated alkanes) is 3. The second-order valence-electron chi connectivity index (χ2n) is 6.11. The number of hydrogen-bond donors (Lipinski definition) is 1. The third-order valence-electron chi connectivity index (χ3n) is 4.41. The standard InChI is InChI=1S/C17H34NO2/c1-3-16-8-10-17(11-9-16)20-15-7-5-4-6-12-18(2)13-14-19/h17,19H,3-15H2,1-2H3. The van der Waals surface area contributed by atoms with Crippen molar-refractivity contribution < 1.29 is 9.84 Å². The summed E-state index contributed by atoms with van der Waals surface area (Å²) in [4.78, 5) is 2.19. The van der Waals surface area contributed by atoms with Crippen molar-refractivity contribution in [1.29, 1.82) is 0 Å². The van der Waals surface area contributed by atoms with Gasteiger partial charge in [0.15, 0.2) is 0 Å². The van der Waals surface area contributed by atoms with Crippen LogP contribution < -0.4 is 0 Å². The van der Waals surface area contributed by atoms with Crippen LogP contribution in [0.3, 0.4) is 0 Å². The zero-order valence-corrected chi connectivity index (χ0v) is 13.6. The van der Waals surface area contributed by atoms with Crippen LogP contribution in [-0.2, 0) is 4.74 Å². The maximum Gasteiger partial charge on any atom is 0.0575 e. The molecular formula is C17H34NO2. The van der Waals surface area contributed by atoms with Crippen LogP contribution in [-0.4, -0.2) is 49.5 Å². The lowest BCUT2D eigenvalue weighted by Crippen LogP contribution is -2.23. The second-order valence-corrected chi connectivity index (χ2v) is 6.11. The molecule has 0 spiro atoms. The van der Waals surface area contributed by atoms with Gasteiger partial charge in [0.1, 0.15) is 0 Å². The molecule has 1 aliphatic rings. The first-order chi connectivity index (χ1) is 9.76. The van der Waals surface area contributed by atoms with Crippen LogP contribution in [0.25, 0.3) is 0 Å². The maximum absolute atomic E-state index is 8.81. The van der Waals surface area contributed by atoms with Crippen molar-refractivity contribution in [2.45, 2.75) is 70.8 Å². The largest absolute Gasteiger partial charge is 0.395 e. The average Bonchev–Trinajstić information content (AvgIpc) is 2.47. The van der Waals surface area contributed by atoms with Gasteiger partial charge in [0.05, 0.1) is 12.7 Å². The second kappa shape index (κ2) is 11.5. The Hall–Kier alpha value is -0.120. The molecule has 0 unspecified atom stereocenters. The number of aliphatic hydroxyl groups excluding tert-OH is 1. The van der Waals surface area contributed by atoms with Gasteiger partial charge in [-0.3, -0.25) is 0 Å². The Morgan fingerprint density at radius 1 is 1.10 bits per heavy atom. The van der Waals surface area contributed by atoms with E-state index in [0.717, 1.165) is 19.7 Å². The number of likely N-dealkylation sites (N-methyl/N-ethyl adjacent to an activating group) is 1. The van der Waals surface area contributed by atoms with E-state index in [4.69, 9.17) is 9.84 Å². The van der Waals surface area contributed by atoms with Crippen LogP contribution in [0.4, 0.5) is 0 Å². The quantitative estimate of drug-likeness (QED) is 0.590. The minimum absolute atomic E-state index is 0.267. The predicted octanol–water partition coefficient (Wildman–Crippen LogP) is 3.41. The first-order valence-electron chi connectivity index (χ1n) is 8.50. The average molecular weight is 284 g/mol. The van der Waals surface area contributed by atoms with Crippen LogP contribution in [0.1, 0.15) is 64.7 Å². The minimum Gasteiger partial charge on any atom is -0.395 e. The van der Waals surface area contributed by atoms with Gasteiger partial charge < -0.3 is 14.7 Å². The summed E-state index contributed by atoms with van der Waals surface area (Å²) in [7, 11) is 2.07. The highest BCUT2D eigenvalue weighted by atomic mass is 16.5. The van der Waals surface area contributed by atoms with Crippen molar-refractivity contribution >= 4 is 0 Å². The van der Waals surface area contributed by atoms with E-state index in [9.17, 15) is 0 Å². The van der Waals surface area contributed by atoms with Gasteiger partial charge in [0.2, 0.25) is 0 Å². The number of aliphatic hydroxyl groups is 1. The summed E-state index contributed by atoms with van der Waals surface area (Å²) in [6.45, 7) is 5.37. The lowest BCUT2D eigenvalue weighted by molar-refractivity contribution is 0.0290. The van der Waals surface area contributed by atoms with Gasteiger partial charge in [-0.25, -0.2) is 0 Å². The third-order valence-corrected chi connectivity index (χ3v) is 4.41. The number of nitrogens with zero attached hydrogens (tertiary/aromatic N) is 1. The number of ether oxygens (including phenoxy) is 1. The lowest BCUT2D eigenvalue weighted by atomic mass is 9.86. The van der Waals surface area contributed by atoms with Crippen molar-refractivity contribution in [3.63, 3.8) is 0 Å². The van der Waals surface area contributed by atoms with Crippen molar-refractivity contribution in [1.82, 2.24) is 4.90 Å². The summed E-state index contributed by atoms with van der Waals surface area (Å²) in [5, 5.41) is 8.81. The fourth-order valence-electron chi connectivity index (χ4n) is 2.89. The predicted molar refractivity (Wildman–Crippen MR) is 84.8 cm³/mol. The molecule has 119 valence electrons. The molecule has 0 aromatic heterocycles. The Morgan fingerprint density at radius 3 is 2.45 bits per heavy atom. The monoisotopic (exact) mass is 284 g/mol. The van der Waals surface area contributed by atoms with E-state index in [1.54, 1.807) is 5.92 Å². The van der Waals surface area contributed by atoms with Crippen molar-refractivity contribution in [2.24, 2.45) is 0 Å². The van der Waals surface area contributed by atoms with Crippen LogP contribution >= 0.6 is 0 Å². The molecule has 0 amide bonds. The molecule has 1 radical (unpaired) electrons. The highest BCUT2D eigenvalue weighted by Gasteiger charge is 2.20. The van der Waals surface area contributed by atoms with Crippen molar-refractivity contribution in [3.05, 3.63) is 5.92 Å². The van der Waals surface area contributed by atoms with Gasteiger partial charge >= 0.3 is 0 Å². The summed E-state index contributed by atoms with van der Waals surface area (Å²) < 4.78 is 5.99. The van der Waals surface area contributed by atoms with Gasteiger partial charge in [0.25, 0.3) is 0 Å². The first kappa shape index (κ1) is 17.9. The molecule has 1 aliphatic carbocycles. The van der Waals surface area contributed by atoms with E-state index in [-0.39, 0.29) is 6.61 Å². The molecule has 0 aromatic rings. The molecule has 0 aliphatic heterocycles. The summed E-state index contributed by atoms with van der Waals surface area (Å²) in [5.41, 5.74) is 0. The molecule has 1 saturated carbocycles. The lowest BCUT2D eigenvalue weighted by Gasteiger charge is -2.27. The fraction of sp³-hybridized carbons (Fsp3) is 0.941. The molecule has 1 N–H and O–H groups in total. The van der Waals surface area contributed by atoms with Crippen LogP contribution in [0.5, 0.6) is 0 Å². The molecule has 3 heteroatoms. The van der Waals surface area contributed by atoms with Gasteiger partial charge in [-0.05, 0) is 64.5 Å². The molecule has 20 heavy (non-hydrogen) atoms. The Morgan fingerprint density at radius 2 is 1.80 bits per heavy atom. The summed E-state index contributed by atoms with van der Waals surface area (Å²) >= 11 is 0. The smallest absolute Gasteiger partial charge is 0.0575 e. The van der Waals surface area contributed by atoms with Crippen molar-refractivity contribution in [3.8, 4) is 0 Å². The molecule has 0 bridgehead atoms. The van der Waals surface area contributed by atoms with Gasteiger partial charge in [-0.1, -0.05) is 19.8 Å². The van der Waals surface area contributed by atoms with E-state index >= 15 is 0 Å². The van der Waals surface area contributed by atoms with E-state index in [0.29, 0.717) is 6.10 Å². The van der Waals surface area contributed by atoms with Gasteiger partial charge in [-0.15, -0.1) is 0 Å². The van der Waals surface area contributed by atoms with E-state index in [1.807, 2.05) is 0 Å². The molecule has 3 nitrogen and oxygen atoms in total. The Labute approximate surface area is 125 Å². The molecule has 0 aromatic carbocycles. The molecule has 1 rings (SSSR count). The fourth-order valence-corrected chi connectivity index (χ4v) is 2.89. The number of hydrogen-bond acceptors (Lipinski definition) is 3. The highest BCUT2D eigenvalue weighted by Crippen LogP contribution is 2.29. The Bertz CT molecular complexity index is 215. The SMILES string of the molecule is CC[C]1CCC(OCCCCCCN(C)CCO)CC1. The molecule has 0 saturated heterocycles. The maximum atomic E-state index is 8.81. The van der Waals surface area contributed by atoms with E-state index in [1.165, 1.54) is 57.8 Å². The topological polar surface area (TPSA) is 32.7 Å². The van der Waals surface area contributed by atoms with Crippen LogP contribution in [0.2, 0.25) is 0 Å². The zero-order chi connectivity index (χ0) is 14.6. The third kappa shape index (κ3) is 8.23. The minimum atomic E-state index is 0.267. The van der Waals surface area contributed by atoms with Crippen LogP contribution in [0, 0.1) is 5.92 Å². The molecule has 0 atom stereocenters. The molecule has 1 fully saturated rings. The summed E-state index contributed by atoms with van der Waals surface area (Å²) in [5.74, 6) is 1.73. The van der Waals surface area contributed by atoms with Gasteiger partial charge in [0, 0.05) is 13.2 Å². The van der Waals surface area contributed by atoms with E-state index in [2.05, 4.69) is 18.9 Å². The Kier molecular flexibility index (Phi) is 10.3. The summed E-state index contributed by atoms with van der Waals surface area (Å²) in [6, 6.07) is 0. The van der Waals surface area contributed by atoms with Crippen molar-refractivity contribution in [2.75, 3.05) is 33.4 Å². The number of rotatable bonds is 11. The van der Waals surface area contributed by atoms with Gasteiger partial charge in [-0.2, -0.15) is 0 Å². The normalized spacial score (nSPS) is 18.0. The summed E-state index contributed by atoms with van der Waals surface area (Å²) in [6.07, 6.45) is 11.8. The molecular weight excluding hydrogens is 250 g/mol.